The van der Waals surface area contributed by atoms with Gasteiger partial charge in [-0.25, -0.2) is 8.42 Å². The van der Waals surface area contributed by atoms with Crippen molar-refractivity contribution in [2.24, 2.45) is 0 Å². The van der Waals surface area contributed by atoms with Crippen molar-refractivity contribution in [3.63, 3.8) is 0 Å². The fourth-order valence-electron chi connectivity index (χ4n) is 2.81. The molecule has 0 saturated carbocycles. The molecule has 0 aliphatic carbocycles. The summed E-state index contributed by atoms with van der Waals surface area (Å²) >= 11 is 1.61. The quantitative estimate of drug-likeness (QED) is 0.765. The minimum Gasteiger partial charge on any atom is -0.350 e. The van der Waals surface area contributed by atoms with Gasteiger partial charge in [0.15, 0.2) is 0 Å². The van der Waals surface area contributed by atoms with E-state index in [1.807, 2.05) is 52.7 Å². The normalized spacial score (nSPS) is 16.6. The maximum atomic E-state index is 12.5. The largest absolute Gasteiger partial charge is 0.350 e. The SMILES string of the molecule is O=C(CN1CCN(S(=O)(=O)/C=C/c2ccccc2)CC1)NCc1cccs1. The van der Waals surface area contributed by atoms with E-state index in [1.54, 1.807) is 17.4 Å². The fourth-order valence-corrected chi connectivity index (χ4v) is 4.63. The van der Waals surface area contributed by atoms with Gasteiger partial charge in [-0.05, 0) is 23.1 Å². The van der Waals surface area contributed by atoms with Gasteiger partial charge in [-0.2, -0.15) is 4.31 Å². The van der Waals surface area contributed by atoms with Crippen LogP contribution in [0.1, 0.15) is 10.4 Å². The highest BCUT2D eigenvalue weighted by molar-refractivity contribution is 7.92. The van der Waals surface area contributed by atoms with Crippen LogP contribution in [0, 0.1) is 0 Å². The van der Waals surface area contributed by atoms with E-state index in [0.29, 0.717) is 39.3 Å². The van der Waals surface area contributed by atoms with Gasteiger partial charge in [0.05, 0.1) is 13.1 Å². The number of amides is 1. The van der Waals surface area contributed by atoms with Gasteiger partial charge in [0.2, 0.25) is 15.9 Å². The number of sulfonamides is 1. The molecule has 2 heterocycles. The average molecular weight is 406 g/mol. The summed E-state index contributed by atoms with van der Waals surface area (Å²) in [4.78, 5) is 15.2. The summed E-state index contributed by atoms with van der Waals surface area (Å²) in [6.45, 7) is 2.70. The number of piperazine rings is 1. The highest BCUT2D eigenvalue weighted by atomic mass is 32.2. The van der Waals surface area contributed by atoms with E-state index in [-0.39, 0.29) is 5.91 Å². The minimum absolute atomic E-state index is 0.0383. The lowest BCUT2D eigenvalue weighted by Crippen LogP contribution is -2.50. The number of carbonyl (C=O) groups is 1. The van der Waals surface area contributed by atoms with Crippen LogP contribution in [0.15, 0.2) is 53.3 Å². The molecule has 1 aromatic heterocycles. The number of carbonyl (C=O) groups excluding carboxylic acids is 1. The first kappa shape index (κ1) is 19.8. The van der Waals surface area contributed by atoms with Crippen LogP contribution in [-0.4, -0.2) is 56.3 Å². The summed E-state index contributed by atoms with van der Waals surface area (Å²) in [6, 6.07) is 13.3. The topological polar surface area (TPSA) is 69.7 Å². The van der Waals surface area contributed by atoms with E-state index in [0.717, 1.165) is 10.4 Å². The number of hydrogen-bond donors (Lipinski definition) is 1. The Hall–Kier alpha value is -2.00. The number of nitrogens with zero attached hydrogens (tertiary/aromatic N) is 2. The molecule has 0 atom stereocenters. The monoisotopic (exact) mass is 405 g/mol. The summed E-state index contributed by atoms with van der Waals surface area (Å²) < 4.78 is 26.4. The Morgan fingerprint density at radius 2 is 1.81 bits per heavy atom. The van der Waals surface area contributed by atoms with Crippen LogP contribution in [0.3, 0.4) is 0 Å². The van der Waals surface area contributed by atoms with Crippen LogP contribution in [0.4, 0.5) is 0 Å². The summed E-state index contributed by atoms with van der Waals surface area (Å²) in [5.41, 5.74) is 0.849. The molecule has 0 bridgehead atoms. The molecule has 1 aliphatic heterocycles. The molecule has 8 heteroatoms. The zero-order chi connectivity index (χ0) is 19.1. The molecule has 144 valence electrons. The van der Waals surface area contributed by atoms with Crippen LogP contribution in [-0.2, 0) is 21.4 Å². The van der Waals surface area contributed by atoms with Crippen LogP contribution in [0.5, 0.6) is 0 Å². The predicted molar refractivity (Wildman–Crippen MR) is 109 cm³/mol. The number of hydrogen-bond acceptors (Lipinski definition) is 5. The molecule has 0 radical (unpaired) electrons. The van der Waals surface area contributed by atoms with Crippen molar-refractivity contribution in [2.75, 3.05) is 32.7 Å². The molecule has 1 amide bonds. The van der Waals surface area contributed by atoms with Crippen molar-refractivity contribution in [3.05, 3.63) is 63.7 Å². The van der Waals surface area contributed by atoms with Crippen molar-refractivity contribution in [1.29, 1.82) is 0 Å². The molecule has 1 N–H and O–H groups in total. The molecule has 1 fully saturated rings. The average Bonchev–Trinajstić information content (AvgIpc) is 3.20. The van der Waals surface area contributed by atoms with Gasteiger partial charge in [-0.15, -0.1) is 11.3 Å². The third-order valence-corrected chi connectivity index (χ3v) is 6.77. The van der Waals surface area contributed by atoms with Gasteiger partial charge in [0.25, 0.3) is 0 Å². The molecule has 1 aliphatic rings. The number of thiophene rings is 1. The Balaban J connectivity index is 1.45. The highest BCUT2D eigenvalue weighted by Crippen LogP contribution is 2.12. The molecule has 1 saturated heterocycles. The first-order valence-electron chi connectivity index (χ1n) is 8.78. The highest BCUT2D eigenvalue weighted by Gasteiger charge is 2.25. The van der Waals surface area contributed by atoms with Gasteiger partial charge < -0.3 is 5.32 Å². The Morgan fingerprint density at radius 1 is 1.07 bits per heavy atom. The van der Waals surface area contributed by atoms with Crippen molar-refractivity contribution < 1.29 is 13.2 Å². The predicted octanol–water partition coefficient (Wildman–Crippen LogP) is 1.98. The zero-order valence-corrected chi connectivity index (χ0v) is 16.6. The minimum atomic E-state index is -3.45. The molecular formula is C19H23N3O3S2. The smallest absolute Gasteiger partial charge is 0.236 e. The number of benzene rings is 1. The lowest BCUT2D eigenvalue weighted by molar-refractivity contribution is -0.122. The number of rotatable bonds is 7. The number of nitrogens with one attached hydrogen (secondary N) is 1. The Labute approximate surface area is 164 Å². The summed E-state index contributed by atoms with van der Waals surface area (Å²) in [6.07, 6.45) is 1.61. The Morgan fingerprint density at radius 3 is 2.48 bits per heavy atom. The lowest BCUT2D eigenvalue weighted by atomic mass is 10.2. The first-order valence-corrected chi connectivity index (χ1v) is 11.2. The van der Waals surface area contributed by atoms with Gasteiger partial charge in [0.1, 0.15) is 0 Å². The second-order valence-corrected chi connectivity index (χ2v) is 9.14. The van der Waals surface area contributed by atoms with Crippen LogP contribution in [0.25, 0.3) is 6.08 Å². The van der Waals surface area contributed by atoms with Crippen molar-refractivity contribution in [3.8, 4) is 0 Å². The molecule has 0 unspecified atom stereocenters. The summed E-state index contributed by atoms with van der Waals surface area (Å²) in [5, 5.41) is 6.13. The van der Waals surface area contributed by atoms with E-state index >= 15 is 0 Å². The molecular weight excluding hydrogens is 382 g/mol. The van der Waals surface area contributed by atoms with E-state index in [1.165, 1.54) is 9.71 Å². The van der Waals surface area contributed by atoms with E-state index in [2.05, 4.69) is 5.32 Å². The summed E-state index contributed by atoms with van der Waals surface area (Å²) in [5.74, 6) is -0.0383. The van der Waals surface area contributed by atoms with Gasteiger partial charge in [-0.3, -0.25) is 9.69 Å². The third-order valence-electron chi connectivity index (χ3n) is 4.33. The Bertz CT molecular complexity index is 857. The summed E-state index contributed by atoms with van der Waals surface area (Å²) in [7, 11) is -3.45. The van der Waals surface area contributed by atoms with Crippen LogP contribution < -0.4 is 5.32 Å². The second kappa shape index (κ2) is 9.27. The molecule has 3 rings (SSSR count). The standard InChI is InChI=1S/C19H23N3O3S2/c23-19(20-15-18-7-4-13-26-18)16-21-9-11-22(12-10-21)27(24,25)14-8-17-5-2-1-3-6-17/h1-8,13-14H,9-12,15-16H2,(H,20,23)/b14-8+. The maximum absolute atomic E-state index is 12.5. The second-order valence-electron chi connectivity index (χ2n) is 6.29. The van der Waals surface area contributed by atoms with Gasteiger partial charge >= 0.3 is 0 Å². The zero-order valence-electron chi connectivity index (χ0n) is 15.0. The van der Waals surface area contributed by atoms with Crippen LogP contribution in [0.2, 0.25) is 0 Å². The fraction of sp³-hybridized carbons (Fsp3) is 0.316. The van der Waals surface area contributed by atoms with E-state index in [9.17, 15) is 13.2 Å². The molecule has 0 spiro atoms. The molecule has 6 nitrogen and oxygen atoms in total. The molecule has 2 aromatic rings. The van der Waals surface area contributed by atoms with Crippen molar-refractivity contribution in [2.45, 2.75) is 6.54 Å². The van der Waals surface area contributed by atoms with Crippen molar-refractivity contribution in [1.82, 2.24) is 14.5 Å². The van der Waals surface area contributed by atoms with E-state index < -0.39 is 10.0 Å². The lowest BCUT2D eigenvalue weighted by Gasteiger charge is -2.32. The van der Waals surface area contributed by atoms with E-state index in [4.69, 9.17) is 0 Å². The third kappa shape index (κ3) is 6.00. The van der Waals surface area contributed by atoms with Crippen molar-refractivity contribution >= 4 is 33.3 Å². The first-order chi connectivity index (χ1) is 13.0. The molecule has 27 heavy (non-hydrogen) atoms. The van der Waals surface area contributed by atoms with Crippen LogP contribution >= 0.6 is 11.3 Å². The van der Waals surface area contributed by atoms with Gasteiger partial charge in [0, 0.05) is 36.5 Å². The maximum Gasteiger partial charge on any atom is 0.236 e. The van der Waals surface area contributed by atoms with Gasteiger partial charge in [-0.1, -0.05) is 36.4 Å². The Kier molecular flexibility index (Phi) is 6.78. The molecule has 1 aromatic carbocycles.